The number of ether oxygens (including phenoxy) is 1. The molecular weight excluding hydrogens is 226 g/mol. The molecule has 64 valence electrons. The number of nitro benzene ring substituents is 1. The Morgan fingerprint density at radius 2 is 2.50 bits per heavy atom. The van der Waals surface area contributed by atoms with Gasteiger partial charge in [0.1, 0.15) is 5.75 Å². The van der Waals surface area contributed by atoms with Crippen LogP contribution in [0.2, 0.25) is 0 Å². The van der Waals surface area contributed by atoms with Crippen molar-refractivity contribution in [3.8, 4) is 5.75 Å². The molecule has 1 aromatic carbocycles. The van der Waals surface area contributed by atoms with Crippen molar-refractivity contribution in [1.29, 1.82) is 0 Å². The van der Waals surface area contributed by atoms with Crippen LogP contribution in [0.5, 0.6) is 5.75 Å². The molecule has 12 heavy (non-hydrogen) atoms. The van der Waals surface area contributed by atoms with Crippen LogP contribution in [0.4, 0.5) is 5.69 Å². The molecule has 0 unspecified atom stereocenters. The van der Waals surface area contributed by atoms with E-state index in [2.05, 4.69) is 20.7 Å². The molecule has 0 spiro atoms. The molecule has 0 saturated heterocycles. The van der Waals surface area contributed by atoms with Crippen LogP contribution < -0.4 is 4.74 Å². The Kier molecular flexibility index (Phi) is 1.63. The topological polar surface area (TPSA) is 52.4 Å². The fraction of sp³-hybridized carbons (Fsp3) is 0.143. The lowest BCUT2D eigenvalue weighted by Crippen LogP contribution is -1.90. The van der Waals surface area contributed by atoms with Crippen molar-refractivity contribution in [3.05, 3.63) is 32.8 Å². The predicted molar refractivity (Wildman–Crippen MR) is 47.3 cm³/mol. The molecule has 1 rings (SSSR count). The maximum absolute atomic E-state index is 10.5. The fourth-order valence-corrected chi connectivity index (χ4v) is 1.09. The molecule has 0 bridgehead atoms. The van der Waals surface area contributed by atoms with Crippen LogP contribution in [0, 0.1) is 10.1 Å². The molecule has 0 aliphatic rings. The third-order valence-electron chi connectivity index (χ3n) is 1.23. The minimum atomic E-state index is -2.61. The molecule has 1 aromatic rings. The highest BCUT2D eigenvalue weighted by Gasteiger charge is 2.11. The average molecular weight is 235 g/mol. The van der Waals surface area contributed by atoms with E-state index in [1.807, 2.05) is 0 Å². The van der Waals surface area contributed by atoms with E-state index < -0.39 is 12.0 Å². The fourth-order valence-electron chi connectivity index (χ4n) is 0.696. The van der Waals surface area contributed by atoms with Crippen LogP contribution in [0.25, 0.3) is 0 Å². The van der Waals surface area contributed by atoms with E-state index in [1.165, 1.54) is 12.1 Å². The molecule has 0 saturated carbocycles. The summed E-state index contributed by atoms with van der Waals surface area (Å²) in [5.74, 6) is -0.0649. The SMILES string of the molecule is [2H]C([2H])([2H])Oc1ccc(Br)c([N+](=O)[O-])c1. The molecule has 0 fully saturated rings. The van der Waals surface area contributed by atoms with Gasteiger partial charge in [0.25, 0.3) is 5.69 Å². The number of nitro groups is 1. The summed E-state index contributed by atoms with van der Waals surface area (Å²) in [7, 11) is -2.61. The van der Waals surface area contributed by atoms with E-state index in [4.69, 9.17) is 4.11 Å². The lowest BCUT2D eigenvalue weighted by Gasteiger charge is -1.99. The van der Waals surface area contributed by atoms with Crippen LogP contribution in [0.1, 0.15) is 4.11 Å². The van der Waals surface area contributed by atoms with Gasteiger partial charge in [0.2, 0.25) is 0 Å². The van der Waals surface area contributed by atoms with E-state index in [0.717, 1.165) is 6.07 Å². The second-order valence-electron chi connectivity index (χ2n) is 1.97. The van der Waals surface area contributed by atoms with Gasteiger partial charge in [0.15, 0.2) is 0 Å². The van der Waals surface area contributed by atoms with Crippen molar-refractivity contribution in [1.82, 2.24) is 0 Å². The van der Waals surface area contributed by atoms with E-state index in [1.54, 1.807) is 0 Å². The molecular formula is C7H6BrNO3. The summed E-state index contributed by atoms with van der Waals surface area (Å²) in [6, 6.07) is 3.75. The third-order valence-corrected chi connectivity index (χ3v) is 1.90. The number of methoxy groups -OCH3 is 1. The molecule has 0 radical (unpaired) electrons. The van der Waals surface area contributed by atoms with E-state index >= 15 is 0 Å². The lowest BCUT2D eigenvalue weighted by atomic mass is 10.3. The molecule has 0 aliphatic carbocycles. The first kappa shape index (κ1) is 5.53. The highest BCUT2D eigenvalue weighted by molar-refractivity contribution is 9.10. The van der Waals surface area contributed by atoms with Crippen LogP contribution >= 0.6 is 15.9 Å². The molecule has 4 nitrogen and oxygen atoms in total. The summed E-state index contributed by atoms with van der Waals surface area (Å²) in [6.07, 6.45) is 0. The van der Waals surface area contributed by atoms with Gasteiger partial charge in [-0.2, -0.15) is 0 Å². The molecule has 5 heteroatoms. The van der Waals surface area contributed by atoms with Crippen LogP contribution in [0.15, 0.2) is 22.7 Å². The Morgan fingerprint density at radius 1 is 1.75 bits per heavy atom. The number of benzene rings is 1. The van der Waals surface area contributed by atoms with Crippen LogP contribution in [0.3, 0.4) is 0 Å². The van der Waals surface area contributed by atoms with Crippen molar-refractivity contribution in [2.45, 2.75) is 0 Å². The minimum Gasteiger partial charge on any atom is -0.497 e. The van der Waals surface area contributed by atoms with Crippen molar-refractivity contribution < 1.29 is 13.8 Å². The van der Waals surface area contributed by atoms with Crippen molar-refractivity contribution in [2.24, 2.45) is 0 Å². The zero-order valence-corrected chi connectivity index (χ0v) is 7.37. The normalized spacial score (nSPS) is 14.2. The van der Waals surface area contributed by atoms with Gasteiger partial charge in [-0.25, -0.2) is 0 Å². The molecule has 0 aliphatic heterocycles. The van der Waals surface area contributed by atoms with E-state index in [-0.39, 0.29) is 15.9 Å². The Hall–Kier alpha value is -1.10. The molecule has 0 aromatic heterocycles. The Morgan fingerprint density at radius 3 is 3.08 bits per heavy atom. The Bertz CT molecular complexity index is 394. The van der Waals surface area contributed by atoms with Gasteiger partial charge in [-0.15, -0.1) is 0 Å². The zero-order chi connectivity index (χ0) is 11.6. The number of rotatable bonds is 2. The maximum Gasteiger partial charge on any atom is 0.287 e. The first-order valence-electron chi connectivity index (χ1n) is 4.42. The largest absolute Gasteiger partial charge is 0.497 e. The Balaban J connectivity index is 3.03. The first-order chi connectivity index (χ1) is 6.79. The monoisotopic (exact) mass is 234 g/mol. The van der Waals surface area contributed by atoms with Gasteiger partial charge < -0.3 is 4.74 Å². The number of nitrogens with zero attached hydrogens (tertiary/aromatic N) is 1. The lowest BCUT2D eigenvalue weighted by molar-refractivity contribution is -0.385. The zero-order valence-electron chi connectivity index (χ0n) is 8.78. The first-order valence-corrected chi connectivity index (χ1v) is 3.72. The smallest absolute Gasteiger partial charge is 0.287 e. The summed E-state index contributed by atoms with van der Waals surface area (Å²) in [5, 5.41) is 10.5. The highest BCUT2D eigenvalue weighted by Crippen LogP contribution is 2.28. The van der Waals surface area contributed by atoms with Crippen molar-refractivity contribution in [2.75, 3.05) is 7.04 Å². The standard InChI is InChI=1S/C7H6BrNO3/c1-12-5-2-3-6(8)7(4-5)9(10)11/h2-4H,1H3/i1D3. The summed E-state index contributed by atoms with van der Waals surface area (Å²) in [4.78, 5) is 9.89. The summed E-state index contributed by atoms with van der Waals surface area (Å²) < 4.78 is 25.3. The predicted octanol–water partition coefficient (Wildman–Crippen LogP) is 2.37. The van der Waals surface area contributed by atoms with Gasteiger partial charge in [0.05, 0.1) is 26.6 Å². The average Bonchev–Trinajstić information content (AvgIpc) is 2.05. The van der Waals surface area contributed by atoms with Crippen LogP contribution in [-0.2, 0) is 0 Å². The summed E-state index contributed by atoms with van der Waals surface area (Å²) >= 11 is 2.97. The van der Waals surface area contributed by atoms with E-state index in [0.29, 0.717) is 0 Å². The summed E-state index contributed by atoms with van der Waals surface area (Å²) in [6.45, 7) is 0. The van der Waals surface area contributed by atoms with Crippen molar-refractivity contribution in [3.63, 3.8) is 0 Å². The van der Waals surface area contributed by atoms with Gasteiger partial charge in [0, 0.05) is 0 Å². The van der Waals surface area contributed by atoms with Gasteiger partial charge in [-0.3, -0.25) is 10.1 Å². The number of hydrogen-bond donors (Lipinski definition) is 0. The second kappa shape index (κ2) is 3.53. The maximum atomic E-state index is 10.5. The number of hydrogen-bond acceptors (Lipinski definition) is 3. The summed E-state index contributed by atoms with van der Waals surface area (Å²) in [5.41, 5.74) is -0.239. The third kappa shape index (κ3) is 1.73. The van der Waals surface area contributed by atoms with Gasteiger partial charge in [-0.05, 0) is 28.1 Å². The molecule has 0 amide bonds. The second-order valence-corrected chi connectivity index (χ2v) is 2.83. The Labute approximate surface area is 81.6 Å². The van der Waals surface area contributed by atoms with E-state index in [9.17, 15) is 10.1 Å². The quantitative estimate of drug-likeness (QED) is 0.584. The highest BCUT2D eigenvalue weighted by atomic mass is 79.9. The number of halogens is 1. The molecule has 0 heterocycles. The molecule has 0 atom stereocenters. The minimum absolute atomic E-state index is 0.0649. The molecule has 0 N–H and O–H groups in total. The van der Waals surface area contributed by atoms with Gasteiger partial charge in [-0.1, -0.05) is 0 Å². The van der Waals surface area contributed by atoms with Gasteiger partial charge >= 0.3 is 0 Å². The van der Waals surface area contributed by atoms with Crippen molar-refractivity contribution >= 4 is 21.6 Å². The van der Waals surface area contributed by atoms with Crippen LogP contribution in [-0.4, -0.2) is 12.0 Å².